The Morgan fingerprint density at radius 2 is 1.89 bits per heavy atom. The SMILES string of the molecule is CSCCN(CCCOCCCC(C)C)C1CC1. The first-order valence-electron chi connectivity index (χ1n) is 7.54. The summed E-state index contributed by atoms with van der Waals surface area (Å²) in [5.41, 5.74) is 0. The summed E-state index contributed by atoms with van der Waals surface area (Å²) in [5, 5.41) is 0. The number of nitrogens with zero attached hydrogens (tertiary/aromatic N) is 1. The lowest BCUT2D eigenvalue weighted by Crippen LogP contribution is -2.30. The molecule has 0 aliphatic heterocycles. The number of rotatable bonds is 12. The van der Waals surface area contributed by atoms with E-state index in [9.17, 15) is 0 Å². The third kappa shape index (κ3) is 8.39. The summed E-state index contributed by atoms with van der Waals surface area (Å²) in [4.78, 5) is 2.66. The Bertz CT molecular complexity index is 195. The van der Waals surface area contributed by atoms with Crippen LogP contribution in [0.25, 0.3) is 0 Å². The molecule has 1 rings (SSSR count). The van der Waals surface area contributed by atoms with Gasteiger partial charge in [0.1, 0.15) is 0 Å². The van der Waals surface area contributed by atoms with Crippen molar-refractivity contribution in [3.63, 3.8) is 0 Å². The fourth-order valence-electron chi connectivity index (χ4n) is 2.19. The van der Waals surface area contributed by atoms with Crippen LogP contribution in [0.5, 0.6) is 0 Å². The van der Waals surface area contributed by atoms with Crippen molar-refractivity contribution in [3.8, 4) is 0 Å². The zero-order chi connectivity index (χ0) is 13.2. The van der Waals surface area contributed by atoms with Crippen LogP contribution in [0.2, 0.25) is 0 Å². The molecule has 18 heavy (non-hydrogen) atoms. The van der Waals surface area contributed by atoms with E-state index in [0.717, 1.165) is 25.2 Å². The van der Waals surface area contributed by atoms with Crippen LogP contribution < -0.4 is 0 Å². The Kier molecular flexibility index (Phi) is 9.16. The third-order valence-corrected chi connectivity index (χ3v) is 4.04. The molecule has 0 bridgehead atoms. The smallest absolute Gasteiger partial charge is 0.0478 e. The van der Waals surface area contributed by atoms with Gasteiger partial charge < -0.3 is 4.74 Å². The first-order chi connectivity index (χ1) is 8.74. The van der Waals surface area contributed by atoms with Crippen LogP contribution in [0.15, 0.2) is 0 Å². The quantitative estimate of drug-likeness (QED) is 0.504. The van der Waals surface area contributed by atoms with Gasteiger partial charge in [0.2, 0.25) is 0 Å². The zero-order valence-corrected chi connectivity index (χ0v) is 13.3. The second kappa shape index (κ2) is 10.1. The van der Waals surface area contributed by atoms with Gasteiger partial charge in [0.05, 0.1) is 0 Å². The minimum absolute atomic E-state index is 0.811. The molecule has 0 saturated heterocycles. The van der Waals surface area contributed by atoms with Crippen LogP contribution in [0.1, 0.15) is 46.0 Å². The molecule has 108 valence electrons. The van der Waals surface area contributed by atoms with Crippen molar-refractivity contribution in [2.45, 2.75) is 52.0 Å². The van der Waals surface area contributed by atoms with Gasteiger partial charge in [-0.25, -0.2) is 0 Å². The van der Waals surface area contributed by atoms with Gasteiger partial charge in [-0.1, -0.05) is 13.8 Å². The van der Waals surface area contributed by atoms with E-state index in [0.29, 0.717) is 0 Å². The Morgan fingerprint density at radius 3 is 2.50 bits per heavy atom. The molecule has 3 heteroatoms. The van der Waals surface area contributed by atoms with Crippen molar-refractivity contribution in [2.75, 3.05) is 38.3 Å². The number of hydrogen-bond acceptors (Lipinski definition) is 3. The van der Waals surface area contributed by atoms with E-state index in [1.807, 2.05) is 11.8 Å². The Morgan fingerprint density at radius 1 is 1.17 bits per heavy atom. The van der Waals surface area contributed by atoms with E-state index >= 15 is 0 Å². The van der Waals surface area contributed by atoms with Crippen molar-refractivity contribution in [3.05, 3.63) is 0 Å². The van der Waals surface area contributed by atoms with Crippen LogP contribution in [0.3, 0.4) is 0 Å². The summed E-state index contributed by atoms with van der Waals surface area (Å²) in [6, 6.07) is 0.901. The summed E-state index contributed by atoms with van der Waals surface area (Å²) in [6.45, 7) is 8.94. The topological polar surface area (TPSA) is 12.5 Å². The van der Waals surface area contributed by atoms with E-state index in [4.69, 9.17) is 4.74 Å². The van der Waals surface area contributed by atoms with E-state index in [-0.39, 0.29) is 0 Å². The van der Waals surface area contributed by atoms with Crippen LogP contribution in [0, 0.1) is 5.92 Å². The lowest BCUT2D eigenvalue weighted by Gasteiger charge is -2.21. The number of thioether (sulfide) groups is 1. The predicted octanol–water partition coefficient (Wildman–Crippen LogP) is 3.66. The molecule has 1 aliphatic rings. The Hall–Kier alpha value is 0.270. The highest BCUT2D eigenvalue weighted by atomic mass is 32.2. The second-order valence-corrected chi connectivity index (χ2v) is 6.75. The second-order valence-electron chi connectivity index (χ2n) is 5.76. The predicted molar refractivity (Wildman–Crippen MR) is 82.5 cm³/mol. The summed E-state index contributed by atoms with van der Waals surface area (Å²) in [7, 11) is 0. The molecule has 0 atom stereocenters. The maximum Gasteiger partial charge on any atom is 0.0478 e. The molecule has 0 unspecified atom stereocenters. The summed E-state index contributed by atoms with van der Waals surface area (Å²) < 4.78 is 5.71. The largest absolute Gasteiger partial charge is 0.381 e. The Balaban J connectivity index is 1.91. The third-order valence-electron chi connectivity index (χ3n) is 3.45. The van der Waals surface area contributed by atoms with Crippen LogP contribution in [0.4, 0.5) is 0 Å². The maximum absolute atomic E-state index is 5.71. The molecular weight excluding hydrogens is 242 g/mol. The molecule has 0 amide bonds. The van der Waals surface area contributed by atoms with E-state index in [2.05, 4.69) is 25.0 Å². The van der Waals surface area contributed by atoms with E-state index in [1.54, 1.807) is 0 Å². The number of hydrogen-bond donors (Lipinski definition) is 0. The van der Waals surface area contributed by atoms with Crippen molar-refractivity contribution in [2.24, 2.45) is 5.92 Å². The van der Waals surface area contributed by atoms with Gasteiger partial charge in [-0.05, 0) is 44.3 Å². The maximum atomic E-state index is 5.71. The first kappa shape index (κ1) is 16.3. The average Bonchev–Trinajstić information content (AvgIpc) is 3.15. The highest BCUT2D eigenvalue weighted by Crippen LogP contribution is 2.26. The highest BCUT2D eigenvalue weighted by Gasteiger charge is 2.27. The molecule has 1 fully saturated rings. The lowest BCUT2D eigenvalue weighted by atomic mass is 10.1. The molecule has 0 radical (unpaired) electrons. The van der Waals surface area contributed by atoms with Crippen molar-refractivity contribution < 1.29 is 4.74 Å². The number of ether oxygens (including phenoxy) is 1. The van der Waals surface area contributed by atoms with Gasteiger partial charge in [0.15, 0.2) is 0 Å². The van der Waals surface area contributed by atoms with E-state index in [1.165, 1.54) is 50.9 Å². The van der Waals surface area contributed by atoms with Crippen LogP contribution >= 0.6 is 11.8 Å². The summed E-state index contributed by atoms with van der Waals surface area (Å²) >= 11 is 1.96. The summed E-state index contributed by atoms with van der Waals surface area (Å²) in [5.74, 6) is 2.08. The van der Waals surface area contributed by atoms with Crippen LogP contribution in [-0.4, -0.2) is 49.3 Å². The fourth-order valence-corrected chi connectivity index (χ4v) is 2.61. The normalized spacial score (nSPS) is 15.8. The first-order valence-corrected chi connectivity index (χ1v) is 8.94. The molecule has 0 aromatic heterocycles. The van der Waals surface area contributed by atoms with Gasteiger partial charge in [-0.15, -0.1) is 0 Å². The summed E-state index contributed by atoms with van der Waals surface area (Å²) in [6.07, 6.45) is 8.75. The van der Waals surface area contributed by atoms with Gasteiger partial charge in [0, 0.05) is 38.1 Å². The van der Waals surface area contributed by atoms with Crippen LogP contribution in [-0.2, 0) is 4.74 Å². The molecule has 1 aliphatic carbocycles. The van der Waals surface area contributed by atoms with Gasteiger partial charge in [-0.2, -0.15) is 11.8 Å². The molecule has 1 saturated carbocycles. The lowest BCUT2D eigenvalue weighted by molar-refractivity contribution is 0.115. The minimum Gasteiger partial charge on any atom is -0.381 e. The van der Waals surface area contributed by atoms with Crippen molar-refractivity contribution >= 4 is 11.8 Å². The highest BCUT2D eigenvalue weighted by molar-refractivity contribution is 7.98. The molecule has 0 heterocycles. The molecular formula is C15H31NOS. The monoisotopic (exact) mass is 273 g/mol. The van der Waals surface area contributed by atoms with Gasteiger partial charge in [-0.3, -0.25) is 4.90 Å². The zero-order valence-electron chi connectivity index (χ0n) is 12.5. The molecule has 0 N–H and O–H groups in total. The van der Waals surface area contributed by atoms with Crippen molar-refractivity contribution in [1.82, 2.24) is 4.90 Å². The molecule has 2 nitrogen and oxygen atoms in total. The molecule has 0 spiro atoms. The Labute approximate surface area is 118 Å². The average molecular weight is 273 g/mol. The fraction of sp³-hybridized carbons (Fsp3) is 1.00. The standard InChI is InChI=1S/C15H31NOS/c1-14(2)6-4-11-17-12-5-9-16(10-13-18-3)15-7-8-15/h14-15H,4-13H2,1-3H3. The van der Waals surface area contributed by atoms with Crippen molar-refractivity contribution in [1.29, 1.82) is 0 Å². The molecule has 0 aromatic rings. The van der Waals surface area contributed by atoms with Gasteiger partial charge in [0.25, 0.3) is 0 Å². The van der Waals surface area contributed by atoms with E-state index < -0.39 is 0 Å². The minimum atomic E-state index is 0.811. The van der Waals surface area contributed by atoms with Gasteiger partial charge >= 0.3 is 0 Å². The molecule has 0 aromatic carbocycles.